The van der Waals surface area contributed by atoms with Crippen molar-refractivity contribution in [2.24, 2.45) is 0 Å². The van der Waals surface area contributed by atoms with E-state index in [0.29, 0.717) is 11.5 Å². The topological polar surface area (TPSA) is 35.1 Å². The summed E-state index contributed by atoms with van der Waals surface area (Å²) < 4.78 is 43.3. The molecule has 0 saturated carbocycles. The van der Waals surface area contributed by atoms with Gasteiger partial charge in [0.05, 0.1) is 17.7 Å². The number of carbonyl (C=O) groups excluding carboxylic acids is 1. The summed E-state index contributed by atoms with van der Waals surface area (Å²) in [7, 11) is 0. The van der Waals surface area contributed by atoms with Crippen LogP contribution in [-0.4, -0.2) is 16.5 Å². The smallest absolute Gasteiger partial charge is 0.456 e. The maximum absolute atomic E-state index is 12.4. The summed E-state index contributed by atoms with van der Waals surface area (Å²) in [6, 6.07) is 5.65. The first-order chi connectivity index (χ1) is 8.45. The maximum atomic E-state index is 12.4. The third kappa shape index (κ3) is 1.97. The predicted molar refractivity (Wildman–Crippen MR) is 58.9 cm³/mol. The Bertz CT molecular complexity index is 579. The standard InChI is InChI=1S/C12H8F3NO2/c1-2-16-8(10-4-3-7-18-10)5-6-9(16)11(17)12(13,14)15/h2-7H,1H2. The van der Waals surface area contributed by atoms with E-state index in [1.54, 1.807) is 12.1 Å². The summed E-state index contributed by atoms with van der Waals surface area (Å²) in [6.45, 7) is 3.40. The van der Waals surface area contributed by atoms with Crippen LogP contribution in [0.1, 0.15) is 10.5 Å². The van der Waals surface area contributed by atoms with Crippen LogP contribution in [0.3, 0.4) is 0 Å². The fraction of sp³-hybridized carbons (Fsp3) is 0.0833. The second-order valence-electron chi connectivity index (χ2n) is 3.46. The van der Waals surface area contributed by atoms with Gasteiger partial charge in [-0.05, 0) is 24.3 Å². The molecule has 6 heteroatoms. The molecule has 0 atom stereocenters. The summed E-state index contributed by atoms with van der Waals surface area (Å²) in [4.78, 5) is 11.2. The molecule has 2 aromatic rings. The number of ketones is 1. The molecule has 18 heavy (non-hydrogen) atoms. The van der Waals surface area contributed by atoms with Gasteiger partial charge in [0.15, 0.2) is 5.76 Å². The minimum Gasteiger partial charge on any atom is -0.463 e. The van der Waals surface area contributed by atoms with Gasteiger partial charge < -0.3 is 8.98 Å². The molecule has 94 valence electrons. The van der Waals surface area contributed by atoms with Gasteiger partial charge in [-0.15, -0.1) is 0 Å². The molecule has 0 spiro atoms. The number of nitrogens with zero attached hydrogens (tertiary/aromatic N) is 1. The molecule has 0 fully saturated rings. The van der Waals surface area contributed by atoms with Crippen molar-refractivity contribution in [1.29, 1.82) is 0 Å². The van der Waals surface area contributed by atoms with Crippen molar-refractivity contribution in [2.45, 2.75) is 6.18 Å². The first kappa shape index (κ1) is 12.2. The van der Waals surface area contributed by atoms with Gasteiger partial charge in [-0.25, -0.2) is 0 Å². The van der Waals surface area contributed by atoms with E-state index in [9.17, 15) is 18.0 Å². The molecule has 0 unspecified atom stereocenters. The molecule has 0 radical (unpaired) electrons. The number of Topliss-reactive ketones (excluding diaryl/α,β-unsaturated/α-hetero) is 1. The van der Waals surface area contributed by atoms with Gasteiger partial charge in [0.25, 0.3) is 5.78 Å². The zero-order valence-electron chi connectivity index (χ0n) is 9.07. The number of furan rings is 1. The molecule has 3 nitrogen and oxygen atoms in total. The molecular formula is C12H8F3NO2. The predicted octanol–water partition coefficient (Wildman–Crippen LogP) is 3.59. The van der Waals surface area contributed by atoms with Crippen LogP contribution in [0.2, 0.25) is 0 Å². The maximum Gasteiger partial charge on any atom is 0.456 e. The highest BCUT2D eigenvalue weighted by molar-refractivity contribution is 6.00. The molecule has 0 amide bonds. The Balaban J connectivity index is 2.53. The van der Waals surface area contributed by atoms with Crippen molar-refractivity contribution in [1.82, 2.24) is 4.57 Å². The number of alkyl halides is 3. The van der Waals surface area contributed by atoms with Crippen molar-refractivity contribution in [3.8, 4) is 11.5 Å². The van der Waals surface area contributed by atoms with Gasteiger partial charge >= 0.3 is 6.18 Å². The lowest BCUT2D eigenvalue weighted by Crippen LogP contribution is -2.24. The van der Waals surface area contributed by atoms with Gasteiger partial charge in [0, 0.05) is 6.20 Å². The highest BCUT2D eigenvalue weighted by Gasteiger charge is 2.41. The Kier molecular flexibility index (Phi) is 2.86. The van der Waals surface area contributed by atoms with E-state index >= 15 is 0 Å². The average Bonchev–Trinajstić information content (AvgIpc) is 2.94. The van der Waals surface area contributed by atoms with Gasteiger partial charge in [-0.3, -0.25) is 4.79 Å². The zero-order chi connectivity index (χ0) is 13.3. The van der Waals surface area contributed by atoms with Gasteiger partial charge in [-0.2, -0.15) is 13.2 Å². The lowest BCUT2D eigenvalue weighted by molar-refractivity contribution is -0.0889. The van der Waals surface area contributed by atoms with Crippen LogP contribution < -0.4 is 0 Å². The van der Waals surface area contributed by atoms with Crippen molar-refractivity contribution < 1.29 is 22.4 Å². The third-order valence-electron chi connectivity index (χ3n) is 2.36. The van der Waals surface area contributed by atoms with E-state index in [4.69, 9.17) is 4.42 Å². The number of halogens is 3. The third-order valence-corrected chi connectivity index (χ3v) is 2.36. The van der Waals surface area contributed by atoms with Crippen LogP contribution in [0.25, 0.3) is 17.7 Å². The van der Waals surface area contributed by atoms with E-state index < -0.39 is 17.7 Å². The molecule has 0 aliphatic rings. The summed E-state index contributed by atoms with van der Waals surface area (Å²) in [6.07, 6.45) is -2.39. The minimum absolute atomic E-state index is 0.336. The molecule has 0 aromatic carbocycles. The fourth-order valence-corrected chi connectivity index (χ4v) is 1.60. The molecule has 2 heterocycles. The SMILES string of the molecule is C=Cn1c(C(=O)C(F)(F)F)ccc1-c1ccco1. The first-order valence-electron chi connectivity index (χ1n) is 4.94. The van der Waals surface area contributed by atoms with Crippen LogP contribution in [0.4, 0.5) is 13.2 Å². The second kappa shape index (κ2) is 4.21. The molecule has 0 N–H and O–H groups in total. The summed E-state index contributed by atoms with van der Waals surface area (Å²) in [5.74, 6) is -1.56. The van der Waals surface area contributed by atoms with E-state index in [0.717, 1.165) is 16.8 Å². The lowest BCUT2D eigenvalue weighted by Gasteiger charge is -2.08. The summed E-state index contributed by atoms with van der Waals surface area (Å²) in [5.41, 5.74) is -0.161. The van der Waals surface area contributed by atoms with E-state index in [1.165, 1.54) is 12.3 Å². The van der Waals surface area contributed by atoms with Crippen molar-refractivity contribution in [3.63, 3.8) is 0 Å². The van der Waals surface area contributed by atoms with Gasteiger partial charge in [0.1, 0.15) is 0 Å². The molecular weight excluding hydrogens is 247 g/mol. The monoisotopic (exact) mass is 255 g/mol. The van der Waals surface area contributed by atoms with Crippen LogP contribution in [0.5, 0.6) is 0 Å². The van der Waals surface area contributed by atoms with E-state index in [1.807, 2.05) is 0 Å². The van der Waals surface area contributed by atoms with Crippen molar-refractivity contribution in [3.05, 3.63) is 42.8 Å². The largest absolute Gasteiger partial charge is 0.463 e. The summed E-state index contributed by atoms with van der Waals surface area (Å²) >= 11 is 0. The number of hydrogen-bond acceptors (Lipinski definition) is 2. The Morgan fingerprint density at radius 3 is 2.56 bits per heavy atom. The van der Waals surface area contributed by atoms with E-state index in [-0.39, 0.29) is 0 Å². The Morgan fingerprint density at radius 2 is 2.06 bits per heavy atom. The van der Waals surface area contributed by atoms with Gasteiger partial charge in [0.2, 0.25) is 0 Å². The Hall–Kier alpha value is -2.24. The van der Waals surface area contributed by atoms with E-state index in [2.05, 4.69) is 6.58 Å². The normalized spacial score (nSPS) is 11.5. The van der Waals surface area contributed by atoms with Crippen LogP contribution in [0, 0.1) is 0 Å². The fourth-order valence-electron chi connectivity index (χ4n) is 1.60. The number of aromatic nitrogens is 1. The highest BCUT2D eigenvalue weighted by atomic mass is 19.4. The first-order valence-corrected chi connectivity index (χ1v) is 4.94. The average molecular weight is 255 g/mol. The van der Waals surface area contributed by atoms with Crippen LogP contribution in [0.15, 0.2) is 41.5 Å². The van der Waals surface area contributed by atoms with Gasteiger partial charge in [-0.1, -0.05) is 6.58 Å². The van der Waals surface area contributed by atoms with Crippen molar-refractivity contribution in [2.75, 3.05) is 0 Å². The number of carbonyl (C=O) groups is 1. The molecule has 0 aliphatic heterocycles. The second-order valence-corrected chi connectivity index (χ2v) is 3.46. The molecule has 0 aliphatic carbocycles. The highest BCUT2D eigenvalue weighted by Crippen LogP contribution is 2.28. The Morgan fingerprint density at radius 1 is 1.33 bits per heavy atom. The molecule has 0 bridgehead atoms. The Labute approximate surface area is 100 Å². The number of hydrogen-bond donors (Lipinski definition) is 0. The molecule has 2 aromatic heterocycles. The number of rotatable bonds is 3. The molecule has 0 saturated heterocycles. The minimum atomic E-state index is -4.92. The molecule has 2 rings (SSSR count). The zero-order valence-corrected chi connectivity index (χ0v) is 9.07. The van der Waals surface area contributed by atoms with Crippen LogP contribution in [-0.2, 0) is 0 Å². The van der Waals surface area contributed by atoms with Crippen molar-refractivity contribution >= 4 is 12.0 Å². The lowest BCUT2D eigenvalue weighted by atomic mass is 10.3. The van der Waals surface area contributed by atoms with Crippen LogP contribution >= 0.6 is 0 Å². The quantitative estimate of drug-likeness (QED) is 0.785. The summed E-state index contributed by atoms with van der Waals surface area (Å²) in [5, 5.41) is 0.